The van der Waals surface area contributed by atoms with Crippen LogP contribution in [0.15, 0.2) is 16.6 Å². The topological polar surface area (TPSA) is 88.1 Å². The minimum atomic E-state index is -0.102. The van der Waals surface area contributed by atoms with Crippen LogP contribution >= 0.6 is 11.3 Å². The Kier molecular flexibility index (Phi) is 5.44. The second-order valence-corrected chi connectivity index (χ2v) is 4.46. The first kappa shape index (κ1) is 14.3. The quantitative estimate of drug-likeness (QED) is 0.354. The van der Waals surface area contributed by atoms with Crippen LogP contribution in [0.3, 0.4) is 0 Å². The van der Waals surface area contributed by atoms with Gasteiger partial charge in [-0.1, -0.05) is 5.16 Å². The van der Waals surface area contributed by atoms with E-state index in [1.165, 1.54) is 18.4 Å². The molecule has 0 spiro atoms. The Bertz CT molecular complexity index is 431. The second-order valence-electron chi connectivity index (χ2n) is 3.54. The number of methoxy groups -OCH3 is 1. The molecule has 100 valence electrons. The molecule has 1 amide bonds. The number of carbonyl (C=O) groups is 1. The van der Waals surface area contributed by atoms with Crippen molar-refractivity contribution < 1.29 is 14.7 Å². The number of amidine groups is 1. The van der Waals surface area contributed by atoms with Gasteiger partial charge in [0.25, 0.3) is 5.91 Å². The van der Waals surface area contributed by atoms with Crippen molar-refractivity contribution in [2.45, 2.75) is 13.3 Å². The number of nitrogens with zero attached hydrogens (tertiary/aromatic N) is 2. The molecule has 0 saturated carbocycles. The maximum Gasteiger partial charge on any atom is 0.267 e. The number of hydrogen-bond acceptors (Lipinski definition) is 5. The molecule has 0 aliphatic carbocycles. The van der Waals surface area contributed by atoms with Crippen LogP contribution in [-0.2, 0) is 0 Å². The molecule has 0 aromatic carbocycles. The van der Waals surface area contributed by atoms with Gasteiger partial charge in [-0.2, -0.15) is 0 Å². The van der Waals surface area contributed by atoms with Crippen molar-refractivity contribution in [1.82, 2.24) is 4.90 Å². The van der Waals surface area contributed by atoms with Crippen LogP contribution in [0.25, 0.3) is 0 Å². The van der Waals surface area contributed by atoms with Gasteiger partial charge in [0.05, 0.1) is 7.11 Å². The van der Waals surface area contributed by atoms with E-state index in [0.717, 1.165) is 0 Å². The first-order valence-electron chi connectivity index (χ1n) is 5.51. The molecule has 0 aliphatic rings. The van der Waals surface area contributed by atoms with Crippen LogP contribution in [0.1, 0.15) is 23.0 Å². The van der Waals surface area contributed by atoms with E-state index in [0.29, 0.717) is 30.1 Å². The summed E-state index contributed by atoms with van der Waals surface area (Å²) in [6, 6.07) is 1.76. The highest BCUT2D eigenvalue weighted by molar-refractivity contribution is 7.12. The fourth-order valence-electron chi connectivity index (χ4n) is 1.46. The maximum absolute atomic E-state index is 12.2. The lowest BCUT2D eigenvalue weighted by atomic mass is 10.3. The van der Waals surface area contributed by atoms with E-state index in [1.54, 1.807) is 11.0 Å². The lowest BCUT2D eigenvalue weighted by molar-refractivity contribution is 0.0770. The predicted octanol–water partition coefficient (Wildman–Crippen LogP) is 1.36. The summed E-state index contributed by atoms with van der Waals surface area (Å²) in [4.78, 5) is 14.4. The Morgan fingerprint density at radius 2 is 2.39 bits per heavy atom. The number of ether oxygens (including phenoxy) is 1. The first-order valence-corrected chi connectivity index (χ1v) is 6.39. The molecule has 1 aromatic heterocycles. The molecule has 6 nitrogen and oxygen atoms in total. The van der Waals surface area contributed by atoms with Crippen molar-refractivity contribution in [3.8, 4) is 5.75 Å². The SMILES string of the molecule is CCN(CC/C(N)=N/O)C(=O)c1sccc1OC. The van der Waals surface area contributed by atoms with Gasteiger partial charge in [-0.25, -0.2) is 0 Å². The molecule has 1 heterocycles. The van der Waals surface area contributed by atoms with Crippen molar-refractivity contribution >= 4 is 23.1 Å². The summed E-state index contributed by atoms with van der Waals surface area (Å²) in [7, 11) is 1.53. The minimum absolute atomic E-state index is 0.102. The number of thiophene rings is 1. The van der Waals surface area contributed by atoms with Gasteiger partial charge in [0.1, 0.15) is 16.5 Å². The molecule has 0 unspecified atom stereocenters. The molecule has 1 rings (SSSR count). The third kappa shape index (κ3) is 3.36. The smallest absolute Gasteiger partial charge is 0.267 e. The van der Waals surface area contributed by atoms with E-state index >= 15 is 0 Å². The van der Waals surface area contributed by atoms with E-state index in [9.17, 15) is 4.79 Å². The summed E-state index contributed by atoms with van der Waals surface area (Å²) in [5, 5.41) is 13.2. The molecule has 0 radical (unpaired) electrons. The summed E-state index contributed by atoms with van der Waals surface area (Å²) < 4.78 is 5.12. The molecule has 0 atom stereocenters. The first-order chi connectivity index (χ1) is 8.63. The Morgan fingerprint density at radius 1 is 1.67 bits per heavy atom. The second kappa shape index (κ2) is 6.85. The average molecular weight is 271 g/mol. The third-order valence-corrected chi connectivity index (χ3v) is 3.36. The Balaban J connectivity index is 2.73. The Morgan fingerprint density at radius 3 is 2.94 bits per heavy atom. The molecule has 3 N–H and O–H groups in total. The monoisotopic (exact) mass is 271 g/mol. The third-order valence-electron chi connectivity index (χ3n) is 2.48. The van der Waals surface area contributed by atoms with Gasteiger partial charge in [0.15, 0.2) is 0 Å². The zero-order valence-electron chi connectivity index (χ0n) is 10.4. The molecule has 0 fully saturated rings. The van der Waals surface area contributed by atoms with Crippen LogP contribution in [-0.4, -0.2) is 42.0 Å². The highest BCUT2D eigenvalue weighted by Gasteiger charge is 2.19. The van der Waals surface area contributed by atoms with Gasteiger partial charge in [0.2, 0.25) is 0 Å². The number of amides is 1. The molecule has 0 bridgehead atoms. The van der Waals surface area contributed by atoms with Crippen molar-refractivity contribution in [2.24, 2.45) is 10.9 Å². The molecule has 7 heteroatoms. The van der Waals surface area contributed by atoms with Gasteiger partial charge in [-0.05, 0) is 18.4 Å². The molecular formula is C11H17N3O3S. The van der Waals surface area contributed by atoms with Crippen molar-refractivity contribution in [3.63, 3.8) is 0 Å². The number of nitrogens with two attached hydrogens (primary N) is 1. The summed E-state index contributed by atoms with van der Waals surface area (Å²) in [6.07, 6.45) is 0.337. The van der Waals surface area contributed by atoms with E-state index in [2.05, 4.69) is 5.16 Å². The number of oxime groups is 1. The van der Waals surface area contributed by atoms with Crippen LogP contribution in [0.2, 0.25) is 0 Å². The zero-order valence-corrected chi connectivity index (χ0v) is 11.2. The number of hydrogen-bond donors (Lipinski definition) is 2. The van der Waals surface area contributed by atoms with Crippen LogP contribution < -0.4 is 10.5 Å². The highest BCUT2D eigenvalue weighted by Crippen LogP contribution is 2.25. The summed E-state index contributed by atoms with van der Waals surface area (Å²) in [5.74, 6) is 0.585. The van der Waals surface area contributed by atoms with E-state index in [4.69, 9.17) is 15.7 Å². The molecule has 1 aromatic rings. The van der Waals surface area contributed by atoms with Crippen molar-refractivity contribution in [2.75, 3.05) is 20.2 Å². The van der Waals surface area contributed by atoms with Crippen molar-refractivity contribution in [3.05, 3.63) is 16.3 Å². The van der Waals surface area contributed by atoms with E-state index in [-0.39, 0.29) is 11.7 Å². The molecule has 18 heavy (non-hydrogen) atoms. The lowest BCUT2D eigenvalue weighted by Crippen LogP contribution is -2.33. The largest absolute Gasteiger partial charge is 0.495 e. The molecular weight excluding hydrogens is 254 g/mol. The van der Waals surface area contributed by atoms with Gasteiger partial charge >= 0.3 is 0 Å². The maximum atomic E-state index is 12.2. The summed E-state index contributed by atoms with van der Waals surface area (Å²) in [5.41, 5.74) is 5.39. The van der Waals surface area contributed by atoms with E-state index in [1.807, 2.05) is 12.3 Å². The molecule has 0 aliphatic heterocycles. The minimum Gasteiger partial charge on any atom is -0.495 e. The standard InChI is InChI=1S/C11H17N3O3S/c1-3-14(6-4-9(12)13-16)11(15)10-8(17-2)5-7-18-10/h5,7,16H,3-4,6H2,1-2H3,(H2,12,13). The zero-order chi connectivity index (χ0) is 13.5. The van der Waals surface area contributed by atoms with Crippen molar-refractivity contribution in [1.29, 1.82) is 0 Å². The van der Waals surface area contributed by atoms with Gasteiger partial charge in [-0.15, -0.1) is 11.3 Å². The normalized spacial score (nSPS) is 11.3. The lowest BCUT2D eigenvalue weighted by Gasteiger charge is -2.20. The Labute approximate surface area is 110 Å². The highest BCUT2D eigenvalue weighted by atomic mass is 32.1. The van der Waals surface area contributed by atoms with Crippen LogP contribution in [0.5, 0.6) is 5.75 Å². The fraction of sp³-hybridized carbons (Fsp3) is 0.455. The molecule has 0 saturated heterocycles. The van der Waals surface area contributed by atoms with Crippen LogP contribution in [0, 0.1) is 0 Å². The van der Waals surface area contributed by atoms with Gasteiger partial charge in [0, 0.05) is 19.5 Å². The predicted molar refractivity (Wildman–Crippen MR) is 70.5 cm³/mol. The summed E-state index contributed by atoms with van der Waals surface area (Å²) >= 11 is 1.34. The fourth-order valence-corrected chi connectivity index (χ4v) is 2.29. The average Bonchev–Trinajstić information content (AvgIpc) is 2.86. The Hall–Kier alpha value is -1.76. The van der Waals surface area contributed by atoms with Gasteiger partial charge in [-0.3, -0.25) is 4.79 Å². The summed E-state index contributed by atoms with van der Waals surface area (Å²) in [6.45, 7) is 2.84. The number of carbonyl (C=O) groups excluding carboxylic acids is 1. The number of rotatable bonds is 6. The van der Waals surface area contributed by atoms with E-state index < -0.39 is 0 Å². The van der Waals surface area contributed by atoms with Crippen LogP contribution in [0.4, 0.5) is 0 Å². The van der Waals surface area contributed by atoms with Gasteiger partial charge < -0.3 is 20.6 Å².